The lowest BCUT2D eigenvalue weighted by molar-refractivity contribution is -0.118. The van der Waals surface area contributed by atoms with Crippen LogP contribution in [0.5, 0.6) is 0 Å². The second-order valence-corrected chi connectivity index (χ2v) is 7.01. The van der Waals surface area contributed by atoms with Gasteiger partial charge in [0.1, 0.15) is 0 Å². The van der Waals surface area contributed by atoms with E-state index in [-0.39, 0.29) is 24.9 Å². The third-order valence-corrected chi connectivity index (χ3v) is 4.92. The van der Waals surface area contributed by atoms with Crippen molar-refractivity contribution >= 4 is 34.1 Å². The van der Waals surface area contributed by atoms with Gasteiger partial charge in [0.25, 0.3) is 0 Å². The van der Waals surface area contributed by atoms with E-state index in [2.05, 4.69) is 22.2 Å². The topological polar surface area (TPSA) is 74.3 Å². The number of aromatic nitrogens is 1. The Bertz CT molecular complexity index is 957. The minimum atomic E-state index is -0.347. The number of hydrogen-bond acceptors (Lipinski definition) is 4. The Labute approximate surface area is 173 Å². The lowest BCUT2D eigenvalue weighted by Crippen LogP contribution is -2.36. The molecule has 0 fully saturated rings. The summed E-state index contributed by atoms with van der Waals surface area (Å²) >= 11 is 1.41. The van der Waals surface area contributed by atoms with Crippen molar-refractivity contribution in [3.8, 4) is 11.3 Å². The van der Waals surface area contributed by atoms with Gasteiger partial charge in [-0.2, -0.15) is 0 Å². The van der Waals surface area contributed by atoms with Gasteiger partial charge in [-0.3, -0.25) is 9.69 Å². The Hall–Kier alpha value is -3.45. The zero-order chi connectivity index (χ0) is 20.5. The molecule has 0 saturated carbocycles. The number of carbonyl (C=O) groups excluding carboxylic acids is 2. The first kappa shape index (κ1) is 20.3. The van der Waals surface area contributed by atoms with Gasteiger partial charge < -0.3 is 10.6 Å². The molecule has 0 radical (unpaired) electrons. The summed E-state index contributed by atoms with van der Waals surface area (Å²) in [5.74, 6) is -0.126. The Morgan fingerprint density at radius 1 is 1.07 bits per heavy atom. The van der Waals surface area contributed by atoms with Gasteiger partial charge in [0.05, 0.1) is 5.69 Å². The molecule has 0 aliphatic heterocycles. The van der Waals surface area contributed by atoms with E-state index >= 15 is 0 Å². The summed E-state index contributed by atoms with van der Waals surface area (Å²) in [6.45, 7) is 4.31. The number of urea groups is 1. The van der Waals surface area contributed by atoms with Crippen LogP contribution in [0.1, 0.15) is 6.42 Å². The molecule has 2 aromatic carbocycles. The van der Waals surface area contributed by atoms with Crippen molar-refractivity contribution < 1.29 is 9.59 Å². The highest BCUT2D eigenvalue weighted by Crippen LogP contribution is 2.27. The molecule has 3 rings (SSSR count). The van der Waals surface area contributed by atoms with Gasteiger partial charge in [0.2, 0.25) is 5.91 Å². The van der Waals surface area contributed by atoms with Crippen LogP contribution in [-0.2, 0) is 4.79 Å². The van der Waals surface area contributed by atoms with E-state index in [1.165, 1.54) is 11.3 Å². The molecule has 1 heterocycles. The zero-order valence-electron chi connectivity index (χ0n) is 15.9. The van der Waals surface area contributed by atoms with E-state index in [4.69, 9.17) is 0 Å². The average molecular weight is 407 g/mol. The molecule has 0 unspecified atom stereocenters. The van der Waals surface area contributed by atoms with Crippen molar-refractivity contribution in [1.82, 2.24) is 10.3 Å². The zero-order valence-corrected chi connectivity index (χ0v) is 16.7. The van der Waals surface area contributed by atoms with Crippen molar-refractivity contribution in [3.63, 3.8) is 0 Å². The third-order valence-electron chi connectivity index (χ3n) is 4.06. The highest BCUT2D eigenvalue weighted by molar-refractivity contribution is 7.14. The second-order valence-electron chi connectivity index (χ2n) is 6.17. The summed E-state index contributed by atoms with van der Waals surface area (Å²) in [5, 5.41) is 7.97. The fourth-order valence-corrected chi connectivity index (χ4v) is 3.52. The molecule has 6 nitrogen and oxygen atoms in total. The molecule has 3 aromatic rings. The number of thiazole rings is 1. The number of amides is 3. The number of hydrogen-bond donors (Lipinski definition) is 2. The fourth-order valence-electron chi connectivity index (χ4n) is 2.66. The molecular formula is C22H22N4O2S. The SMILES string of the molecule is C=CCN(C(=O)CCNC(=O)Nc1ccccc1)c1nc(-c2ccccc2)cs1. The molecule has 3 amide bonds. The standard InChI is InChI=1S/C22H22N4O2S/c1-2-15-26(22-25-19(16-29-22)17-9-5-3-6-10-17)20(27)13-14-23-21(28)24-18-11-7-4-8-12-18/h2-12,16H,1,13-15H2,(H2,23,24,28). The van der Waals surface area contributed by atoms with Crippen LogP contribution in [0.15, 0.2) is 78.7 Å². The number of anilines is 2. The highest BCUT2D eigenvalue weighted by Gasteiger charge is 2.18. The Morgan fingerprint density at radius 2 is 1.76 bits per heavy atom. The number of nitrogens with one attached hydrogen (secondary N) is 2. The van der Waals surface area contributed by atoms with Crippen LogP contribution in [0.4, 0.5) is 15.6 Å². The number of nitrogens with zero attached hydrogens (tertiary/aromatic N) is 2. The second kappa shape index (κ2) is 10.2. The van der Waals surface area contributed by atoms with Gasteiger partial charge in [0.15, 0.2) is 5.13 Å². The van der Waals surface area contributed by atoms with Crippen LogP contribution in [0.3, 0.4) is 0 Å². The molecule has 148 valence electrons. The third kappa shape index (κ3) is 5.76. The maximum absolute atomic E-state index is 12.7. The van der Waals surface area contributed by atoms with E-state index in [0.717, 1.165) is 11.3 Å². The molecule has 0 saturated heterocycles. The molecular weight excluding hydrogens is 384 g/mol. The molecule has 0 spiro atoms. The van der Waals surface area contributed by atoms with Crippen molar-refractivity contribution in [2.45, 2.75) is 6.42 Å². The minimum absolute atomic E-state index is 0.126. The Balaban J connectivity index is 1.56. The van der Waals surface area contributed by atoms with E-state index < -0.39 is 0 Å². The summed E-state index contributed by atoms with van der Waals surface area (Å²) in [6, 6.07) is 18.6. The van der Waals surface area contributed by atoms with Gasteiger partial charge in [-0.1, -0.05) is 54.6 Å². The van der Waals surface area contributed by atoms with E-state index in [0.29, 0.717) is 17.4 Å². The highest BCUT2D eigenvalue weighted by atomic mass is 32.1. The first-order valence-corrected chi connectivity index (χ1v) is 10.1. The summed E-state index contributed by atoms with van der Waals surface area (Å²) in [7, 11) is 0. The van der Waals surface area contributed by atoms with Gasteiger partial charge >= 0.3 is 6.03 Å². The average Bonchev–Trinajstić information content (AvgIpc) is 3.23. The number of rotatable bonds is 8. The minimum Gasteiger partial charge on any atom is -0.337 e. The Kier molecular flexibility index (Phi) is 7.13. The maximum atomic E-state index is 12.7. The van der Waals surface area contributed by atoms with E-state index in [1.54, 1.807) is 23.1 Å². The monoisotopic (exact) mass is 406 g/mol. The Morgan fingerprint density at radius 3 is 2.45 bits per heavy atom. The van der Waals surface area contributed by atoms with Crippen molar-refractivity contribution in [2.75, 3.05) is 23.3 Å². The van der Waals surface area contributed by atoms with Crippen LogP contribution in [0.2, 0.25) is 0 Å². The first-order chi connectivity index (χ1) is 14.2. The summed E-state index contributed by atoms with van der Waals surface area (Å²) in [6.07, 6.45) is 1.83. The molecule has 7 heteroatoms. The molecule has 1 aromatic heterocycles. The molecule has 0 bridgehead atoms. The number of benzene rings is 2. The number of para-hydroxylation sites is 1. The summed E-state index contributed by atoms with van der Waals surface area (Å²) in [5.41, 5.74) is 2.52. The normalized spacial score (nSPS) is 10.2. The quantitative estimate of drug-likeness (QED) is 0.539. The van der Waals surface area contributed by atoms with Gasteiger partial charge in [0, 0.05) is 36.1 Å². The van der Waals surface area contributed by atoms with Crippen LogP contribution in [0.25, 0.3) is 11.3 Å². The van der Waals surface area contributed by atoms with Crippen LogP contribution in [-0.4, -0.2) is 30.0 Å². The molecule has 2 N–H and O–H groups in total. The van der Waals surface area contributed by atoms with Crippen molar-refractivity contribution in [2.24, 2.45) is 0 Å². The lowest BCUT2D eigenvalue weighted by atomic mass is 10.2. The maximum Gasteiger partial charge on any atom is 0.319 e. The van der Waals surface area contributed by atoms with Crippen molar-refractivity contribution in [3.05, 3.63) is 78.7 Å². The molecule has 0 aliphatic carbocycles. The molecule has 29 heavy (non-hydrogen) atoms. The van der Waals surface area contributed by atoms with Gasteiger partial charge in [-0.15, -0.1) is 17.9 Å². The smallest absolute Gasteiger partial charge is 0.319 e. The van der Waals surface area contributed by atoms with Crippen LogP contribution >= 0.6 is 11.3 Å². The van der Waals surface area contributed by atoms with Crippen LogP contribution < -0.4 is 15.5 Å². The molecule has 0 atom stereocenters. The largest absolute Gasteiger partial charge is 0.337 e. The number of carbonyl (C=O) groups is 2. The van der Waals surface area contributed by atoms with E-state index in [9.17, 15) is 9.59 Å². The lowest BCUT2D eigenvalue weighted by Gasteiger charge is -2.18. The van der Waals surface area contributed by atoms with Crippen molar-refractivity contribution in [1.29, 1.82) is 0 Å². The fraction of sp³-hybridized carbons (Fsp3) is 0.136. The first-order valence-electron chi connectivity index (χ1n) is 9.19. The van der Waals surface area contributed by atoms with E-state index in [1.807, 2.05) is 53.9 Å². The predicted octanol–water partition coefficient (Wildman–Crippen LogP) is 4.54. The van der Waals surface area contributed by atoms with Crippen LogP contribution in [0, 0.1) is 0 Å². The summed E-state index contributed by atoms with van der Waals surface area (Å²) in [4.78, 5) is 30.8. The van der Waals surface area contributed by atoms with Gasteiger partial charge in [-0.05, 0) is 12.1 Å². The summed E-state index contributed by atoms with van der Waals surface area (Å²) < 4.78 is 0. The predicted molar refractivity (Wildman–Crippen MR) is 118 cm³/mol. The molecule has 0 aliphatic rings. The van der Waals surface area contributed by atoms with Gasteiger partial charge in [-0.25, -0.2) is 9.78 Å².